The summed E-state index contributed by atoms with van der Waals surface area (Å²) in [7, 11) is 0. The average Bonchev–Trinajstić information content (AvgIpc) is 3.20. The number of esters is 1. The van der Waals surface area contributed by atoms with Crippen molar-refractivity contribution in [2.75, 3.05) is 13.2 Å². The van der Waals surface area contributed by atoms with Crippen molar-refractivity contribution in [3.63, 3.8) is 0 Å². The molecular formula is C23H26N4O3. The molecule has 156 valence electrons. The highest BCUT2D eigenvalue weighted by molar-refractivity contribution is 6.04. The van der Waals surface area contributed by atoms with Crippen LogP contribution in [-0.2, 0) is 16.1 Å². The highest BCUT2D eigenvalue weighted by Gasteiger charge is 2.25. The molecule has 0 radical (unpaired) electrons. The van der Waals surface area contributed by atoms with Crippen LogP contribution in [0, 0.1) is 0 Å². The number of benzene rings is 1. The Morgan fingerprint density at radius 1 is 1.20 bits per heavy atom. The Morgan fingerprint density at radius 2 is 2.00 bits per heavy atom. The van der Waals surface area contributed by atoms with E-state index in [2.05, 4.69) is 5.10 Å². The molecule has 0 bridgehead atoms. The molecule has 4 rings (SSSR count). The first kappa shape index (κ1) is 20.1. The van der Waals surface area contributed by atoms with Gasteiger partial charge in [-0.15, -0.1) is 0 Å². The number of hydrogen-bond donors (Lipinski definition) is 0. The largest absolute Gasteiger partial charge is 0.452 e. The van der Waals surface area contributed by atoms with E-state index in [0.717, 1.165) is 31.4 Å². The minimum Gasteiger partial charge on any atom is -0.452 e. The standard InChI is InChI=1S/C23H26N4O3/c1-3-27-22-19(14-24-27)18(13-20(25-22)17-10-5-4-6-11-17)23(29)30-15-21(28)26-12-8-7-9-16(26)2/h4-6,10-11,13-14,16H,3,7-9,12,15H2,1-2H3. The topological polar surface area (TPSA) is 77.3 Å². The molecule has 7 nitrogen and oxygen atoms in total. The first-order valence-corrected chi connectivity index (χ1v) is 10.5. The molecule has 1 aliphatic rings. The monoisotopic (exact) mass is 406 g/mol. The number of carbonyl (C=O) groups excluding carboxylic acids is 2. The molecule has 2 aromatic heterocycles. The molecule has 3 aromatic rings. The fourth-order valence-electron chi connectivity index (χ4n) is 3.96. The van der Waals surface area contributed by atoms with Gasteiger partial charge in [0, 0.05) is 24.7 Å². The molecule has 1 aliphatic heterocycles. The van der Waals surface area contributed by atoms with E-state index >= 15 is 0 Å². The van der Waals surface area contributed by atoms with Crippen molar-refractivity contribution < 1.29 is 14.3 Å². The molecular weight excluding hydrogens is 380 g/mol. The number of nitrogens with zero attached hydrogens (tertiary/aromatic N) is 4. The summed E-state index contributed by atoms with van der Waals surface area (Å²) in [5, 5.41) is 4.97. The Bertz CT molecular complexity index is 1060. The zero-order valence-electron chi connectivity index (χ0n) is 17.4. The van der Waals surface area contributed by atoms with Gasteiger partial charge in [0.15, 0.2) is 12.3 Å². The maximum atomic E-state index is 13.0. The van der Waals surface area contributed by atoms with Crippen LogP contribution in [0.5, 0.6) is 0 Å². The van der Waals surface area contributed by atoms with Gasteiger partial charge >= 0.3 is 5.97 Å². The number of hydrogen-bond acceptors (Lipinski definition) is 5. The van der Waals surface area contributed by atoms with Gasteiger partial charge in [0.2, 0.25) is 0 Å². The summed E-state index contributed by atoms with van der Waals surface area (Å²) in [6.45, 7) is 5.11. The summed E-state index contributed by atoms with van der Waals surface area (Å²) >= 11 is 0. The van der Waals surface area contributed by atoms with Crippen LogP contribution in [0.1, 0.15) is 43.5 Å². The maximum Gasteiger partial charge on any atom is 0.339 e. The SMILES string of the molecule is CCn1ncc2c(C(=O)OCC(=O)N3CCCCC3C)cc(-c3ccccc3)nc21. The van der Waals surface area contributed by atoms with Crippen LogP contribution in [0.25, 0.3) is 22.3 Å². The molecule has 30 heavy (non-hydrogen) atoms. The zero-order chi connectivity index (χ0) is 21.1. The fraction of sp³-hybridized carbons (Fsp3) is 0.391. The average molecular weight is 406 g/mol. The molecule has 0 N–H and O–H groups in total. The van der Waals surface area contributed by atoms with Gasteiger partial charge in [-0.05, 0) is 39.2 Å². The molecule has 1 saturated heterocycles. The second-order valence-corrected chi connectivity index (χ2v) is 7.63. The molecule has 1 aromatic carbocycles. The Morgan fingerprint density at radius 3 is 2.73 bits per heavy atom. The van der Waals surface area contributed by atoms with Crippen LogP contribution in [-0.4, -0.2) is 50.7 Å². The Hall–Kier alpha value is -3.22. The molecule has 1 fully saturated rings. The van der Waals surface area contributed by atoms with Crippen molar-refractivity contribution in [2.45, 2.75) is 45.7 Å². The van der Waals surface area contributed by atoms with E-state index in [4.69, 9.17) is 9.72 Å². The third-order valence-corrected chi connectivity index (χ3v) is 5.65. The van der Waals surface area contributed by atoms with E-state index in [1.165, 1.54) is 0 Å². The predicted octanol–water partition coefficient (Wildman–Crippen LogP) is 3.68. The number of pyridine rings is 1. The number of likely N-dealkylation sites (tertiary alicyclic amines) is 1. The van der Waals surface area contributed by atoms with Gasteiger partial charge < -0.3 is 9.64 Å². The summed E-state index contributed by atoms with van der Waals surface area (Å²) in [5.74, 6) is -0.679. The number of rotatable bonds is 5. The number of aryl methyl sites for hydroxylation is 1. The van der Waals surface area contributed by atoms with Gasteiger partial charge in [0.1, 0.15) is 0 Å². The van der Waals surface area contributed by atoms with Crippen molar-refractivity contribution in [2.24, 2.45) is 0 Å². The van der Waals surface area contributed by atoms with Gasteiger partial charge in [-0.1, -0.05) is 30.3 Å². The lowest BCUT2D eigenvalue weighted by atomic mass is 10.0. The molecule has 0 spiro atoms. The van der Waals surface area contributed by atoms with Crippen LogP contribution in [0.2, 0.25) is 0 Å². The van der Waals surface area contributed by atoms with E-state index < -0.39 is 5.97 Å². The first-order valence-electron chi connectivity index (χ1n) is 10.5. The third kappa shape index (κ3) is 3.92. The lowest BCUT2D eigenvalue weighted by molar-refractivity contribution is -0.137. The normalized spacial score (nSPS) is 16.6. The Labute approximate surface area is 175 Å². The predicted molar refractivity (Wildman–Crippen MR) is 114 cm³/mol. The molecule has 0 saturated carbocycles. The minimum atomic E-state index is -0.534. The second kappa shape index (κ2) is 8.65. The Balaban J connectivity index is 1.61. The lowest BCUT2D eigenvalue weighted by Gasteiger charge is -2.33. The number of piperidine rings is 1. The molecule has 1 amide bonds. The van der Waals surface area contributed by atoms with Crippen LogP contribution in [0.15, 0.2) is 42.6 Å². The molecule has 0 aliphatic carbocycles. The minimum absolute atomic E-state index is 0.145. The van der Waals surface area contributed by atoms with Crippen molar-refractivity contribution in [3.8, 4) is 11.3 Å². The second-order valence-electron chi connectivity index (χ2n) is 7.63. The maximum absolute atomic E-state index is 13.0. The number of ether oxygens (including phenoxy) is 1. The molecule has 1 unspecified atom stereocenters. The van der Waals surface area contributed by atoms with Crippen LogP contribution >= 0.6 is 0 Å². The molecule has 1 atom stereocenters. The van der Waals surface area contributed by atoms with Gasteiger partial charge in [-0.3, -0.25) is 4.79 Å². The van der Waals surface area contributed by atoms with E-state index in [0.29, 0.717) is 28.8 Å². The number of aromatic nitrogens is 3. The van der Waals surface area contributed by atoms with Gasteiger partial charge in [-0.2, -0.15) is 5.10 Å². The van der Waals surface area contributed by atoms with E-state index in [9.17, 15) is 9.59 Å². The smallest absolute Gasteiger partial charge is 0.339 e. The summed E-state index contributed by atoms with van der Waals surface area (Å²) in [4.78, 5) is 32.0. The highest BCUT2D eigenvalue weighted by Crippen LogP contribution is 2.25. The van der Waals surface area contributed by atoms with Gasteiger partial charge in [0.05, 0.1) is 22.8 Å². The van der Waals surface area contributed by atoms with Crippen LogP contribution in [0.3, 0.4) is 0 Å². The van der Waals surface area contributed by atoms with E-state index in [1.807, 2.05) is 49.1 Å². The zero-order valence-corrected chi connectivity index (χ0v) is 17.4. The lowest BCUT2D eigenvalue weighted by Crippen LogP contribution is -2.44. The summed E-state index contributed by atoms with van der Waals surface area (Å²) in [5.41, 5.74) is 2.57. The van der Waals surface area contributed by atoms with Crippen molar-refractivity contribution in [1.82, 2.24) is 19.7 Å². The summed E-state index contributed by atoms with van der Waals surface area (Å²) in [6, 6.07) is 11.6. The van der Waals surface area contributed by atoms with E-state index in [1.54, 1.807) is 16.9 Å². The van der Waals surface area contributed by atoms with Crippen molar-refractivity contribution in [1.29, 1.82) is 0 Å². The fourth-order valence-corrected chi connectivity index (χ4v) is 3.96. The Kier molecular flexibility index (Phi) is 5.79. The quantitative estimate of drug-likeness (QED) is 0.604. The van der Waals surface area contributed by atoms with Crippen molar-refractivity contribution >= 4 is 22.9 Å². The summed E-state index contributed by atoms with van der Waals surface area (Å²) in [6.07, 6.45) is 4.74. The van der Waals surface area contributed by atoms with Crippen LogP contribution < -0.4 is 0 Å². The highest BCUT2D eigenvalue weighted by atomic mass is 16.5. The number of carbonyl (C=O) groups is 2. The first-order chi connectivity index (χ1) is 14.6. The van der Waals surface area contributed by atoms with Gasteiger partial charge in [0.25, 0.3) is 5.91 Å². The van der Waals surface area contributed by atoms with E-state index in [-0.39, 0.29) is 18.6 Å². The summed E-state index contributed by atoms with van der Waals surface area (Å²) < 4.78 is 7.19. The number of fused-ring (bicyclic) bond motifs is 1. The third-order valence-electron chi connectivity index (χ3n) is 5.65. The number of amides is 1. The van der Waals surface area contributed by atoms with Crippen molar-refractivity contribution in [3.05, 3.63) is 48.2 Å². The molecule has 3 heterocycles. The molecule has 7 heteroatoms. The van der Waals surface area contributed by atoms with Gasteiger partial charge in [-0.25, -0.2) is 14.5 Å². The van der Waals surface area contributed by atoms with Crippen LogP contribution in [0.4, 0.5) is 0 Å².